The Balaban J connectivity index is 1.82. The average Bonchev–Trinajstić information content (AvgIpc) is 2.98. The molecule has 0 saturated heterocycles. The lowest BCUT2D eigenvalue weighted by Gasteiger charge is -2.04. The van der Waals surface area contributed by atoms with Crippen LogP contribution in [0, 0.1) is 0 Å². The highest BCUT2D eigenvalue weighted by atomic mass is 35.5. The molecule has 1 aromatic carbocycles. The van der Waals surface area contributed by atoms with E-state index in [0.717, 1.165) is 11.3 Å². The lowest BCUT2D eigenvalue weighted by molar-refractivity contribution is 0.424. The summed E-state index contributed by atoms with van der Waals surface area (Å²) in [6, 6.07) is 11.5. The summed E-state index contributed by atoms with van der Waals surface area (Å²) in [5.74, 6) is 0.352. The molecule has 0 aliphatic rings. The van der Waals surface area contributed by atoms with Crippen LogP contribution < -0.4 is 10.5 Å². The molecule has 21 heavy (non-hydrogen) atoms. The summed E-state index contributed by atoms with van der Waals surface area (Å²) in [6.45, 7) is 0.309. The topological polar surface area (TPSA) is 78.9 Å². The van der Waals surface area contributed by atoms with Gasteiger partial charge in [-0.1, -0.05) is 29.8 Å². The molecule has 7 heteroatoms. The standard InChI is InChI=1S/C14H12ClN5O/c15-12-8-17-13(6-10(12)7-16)21-14-18-9-20(19-14)11-4-2-1-3-5-11/h1-6,8-9H,7,16H2. The molecule has 0 spiro atoms. The van der Waals surface area contributed by atoms with Crippen molar-refractivity contribution in [2.45, 2.75) is 6.54 Å². The number of hydrogen-bond donors (Lipinski definition) is 1. The quantitative estimate of drug-likeness (QED) is 0.801. The first kappa shape index (κ1) is 13.5. The molecule has 0 saturated carbocycles. The summed E-state index contributed by atoms with van der Waals surface area (Å²) >= 11 is 5.95. The van der Waals surface area contributed by atoms with E-state index in [2.05, 4.69) is 15.1 Å². The van der Waals surface area contributed by atoms with Gasteiger partial charge in [-0.2, -0.15) is 4.98 Å². The van der Waals surface area contributed by atoms with Gasteiger partial charge in [0.05, 0.1) is 10.7 Å². The van der Waals surface area contributed by atoms with E-state index in [1.165, 1.54) is 6.20 Å². The largest absolute Gasteiger partial charge is 0.404 e. The van der Waals surface area contributed by atoms with Crippen LogP contribution in [0.1, 0.15) is 5.56 Å². The third-order valence-corrected chi connectivity index (χ3v) is 3.16. The number of benzene rings is 1. The Kier molecular flexibility index (Phi) is 3.81. The van der Waals surface area contributed by atoms with Crippen molar-refractivity contribution in [2.75, 3.05) is 0 Å². The number of ether oxygens (including phenoxy) is 1. The van der Waals surface area contributed by atoms with Crippen molar-refractivity contribution in [1.29, 1.82) is 0 Å². The normalized spacial score (nSPS) is 10.6. The second kappa shape index (κ2) is 5.90. The minimum atomic E-state index is 0.205. The molecular formula is C14H12ClN5O. The fourth-order valence-electron chi connectivity index (χ4n) is 1.76. The molecular weight excluding hydrogens is 290 g/mol. The second-order valence-electron chi connectivity index (χ2n) is 4.23. The second-order valence-corrected chi connectivity index (χ2v) is 4.63. The van der Waals surface area contributed by atoms with Gasteiger partial charge in [0.15, 0.2) is 0 Å². The zero-order chi connectivity index (χ0) is 14.7. The first-order valence-corrected chi connectivity index (χ1v) is 6.63. The minimum Gasteiger partial charge on any atom is -0.404 e. The molecule has 0 fully saturated rings. The molecule has 2 N–H and O–H groups in total. The molecule has 0 amide bonds. The lowest BCUT2D eigenvalue weighted by atomic mass is 10.3. The van der Waals surface area contributed by atoms with Gasteiger partial charge in [-0.05, 0) is 17.7 Å². The molecule has 2 aromatic heterocycles. The molecule has 2 heterocycles. The molecule has 3 aromatic rings. The van der Waals surface area contributed by atoms with Gasteiger partial charge in [-0.3, -0.25) is 0 Å². The van der Waals surface area contributed by atoms with E-state index in [0.29, 0.717) is 17.4 Å². The number of hydrogen-bond acceptors (Lipinski definition) is 5. The van der Waals surface area contributed by atoms with E-state index in [4.69, 9.17) is 22.1 Å². The molecule has 0 atom stereocenters. The highest BCUT2D eigenvalue weighted by molar-refractivity contribution is 6.31. The third kappa shape index (κ3) is 3.01. The zero-order valence-corrected chi connectivity index (χ0v) is 11.7. The van der Waals surface area contributed by atoms with E-state index in [1.807, 2.05) is 30.3 Å². The Labute approximate surface area is 126 Å². The van der Waals surface area contributed by atoms with Gasteiger partial charge in [0.1, 0.15) is 6.33 Å². The maximum absolute atomic E-state index is 5.95. The van der Waals surface area contributed by atoms with Crippen molar-refractivity contribution in [3.63, 3.8) is 0 Å². The summed E-state index contributed by atoms with van der Waals surface area (Å²) in [5.41, 5.74) is 7.24. The van der Waals surface area contributed by atoms with Crippen LogP contribution in [0.4, 0.5) is 0 Å². The number of nitrogens with zero attached hydrogens (tertiary/aromatic N) is 4. The summed E-state index contributed by atoms with van der Waals surface area (Å²) in [5, 5.41) is 4.74. The summed E-state index contributed by atoms with van der Waals surface area (Å²) in [6.07, 6.45) is 3.07. The smallest absolute Gasteiger partial charge is 0.342 e. The molecule has 0 bridgehead atoms. The van der Waals surface area contributed by atoms with E-state index in [-0.39, 0.29) is 6.01 Å². The van der Waals surface area contributed by atoms with Crippen LogP contribution in [-0.4, -0.2) is 19.7 Å². The molecule has 0 aliphatic heterocycles. The molecule has 3 rings (SSSR count). The Morgan fingerprint density at radius 3 is 2.76 bits per heavy atom. The number of halogens is 1. The molecule has 106 valence electrons. The van der Waals surface area contributed by atoms with Crippen LogP contribution in [0.2, 0.25) is 5.02 Å². The summed E-state index contributed by atoms with van der Waals surface area (Å²) in [7, 11) is 0. The lowest BCUT2D eigenvalue weighted by Crippen LogP contribution is -1.99. The van der Waals surface area contributed by atoms with Crippen LogP contribution in [0.25, 0.3) is 5.69 Å². The van der Waals surface area contributed by atoms with Crippen LogP contribution in [-0.2, 0) is 6.54 Å². The molecule has 6 nitrogen and oxygen atoms in total. The first-order chi connectivity index (χ1) is 10.3. The number of rotatable bonds is 4. The van der Waals surface area contributed by atoms with Gasteiger partial charge in [-0.25, -0.2) is 9.67 Å². The highest BCUT2D eigenvalue weighted by Crippen LogP contribution is 2.21. The number of nitrogens with two attached hydrogens (primary N) is 1. The zero-order valence-electron chi connectivity index (χ0n) is 11.0. The first-order valence-electron chi connectivity index (χ1n) is 6.25. The molecule has 0 radical (unpaired) electrons. The Morgan fingerprint density at radius 2 is 2.00 bits per heavy atom. The van der Waals surface area contributed by atoms with Gasteiger partial charge in [0.2, 0.25) is 5.88 Å². The van der Waals surface area contributed by atoms with Crippen LogP contribution in [0.3, 0.4) is 0 Å². The van der Waals surface area contributed by atoms with E-state index < -0.39 is 0 Å². The van der Waals surface area contributed by atoms with Gasteiger partial charge in [0, 0.05) is 18.8 Å². The van der Waals surface area contributed by atoms with Gasteiger partial charge >= 0.3 is 6.01 Å². The maximum atomic E-state index is 5.95. The Hall–Kier alpha value is -2.44. The number of para-hydroxylation sites is 1. The van der Waals surface area contributed by atoms with Crippen molar-refractivity contribution in [1.82, 2.24) is 19.7 Å². The Morgan fingerprint density at radius 1 is 1.19 bits per heavy atom. The predicted molar refractivity (Wildman–Crippen MR) is 78.6 cm³/mol. The number of aromatic nitrogens is 4. The fourth-order valence-corrected chi connectivity index (χ4v) is 1.94. The highest BCUT2D eigenvalue weighted by Gasteiger charge is 2.08. The van der Waals surface area contributed by atoms with Crippen LogP contribution >= 0.6 is 11.6 Å². The van der Waals surface area contributed by atoms with Crippen LogP contribution in [0.15, 0.2) is 48.9 Å². The van der Waals surface area contributed by atoms with Gasteiger partial charge in [0.25, 0.3) is 0 Å². The average molecular weight is 302 g/mol. The van der Waals surface area contributed by atoms with Gasteiger partial charge < -0.3 is 10.5 Å². The summed E-state index contributed by atoms with van der Waals surface area (Å²) < 4.78 is 7.13. The van der Waals surface area contributed by atoms with E-state index in [9.17, 15) is 0 Å². The number of pyridine rings is 1. The van der Waals surface area contributed by atoms with Crippen molar-refractivity contribution in [3.05, 3.63) is 59.5 Å². The van der Waals surface area contributed by atoms with E-state index >= 15 is 0 Å². The fraction of sp³-hybridized carbons (Fsp3) is 0.0714. The Bertz CT molecular complexity index is 744. The van der Waals surface area contributed by atoms with Crippen LogP contribution in [0.5, 0.6) is 11.9 Å². The van der Waals surface area contributed by atoms with Crippen molar-refractivity contribution in [3.8, 4) is 17.6 Å². The monoisotopic (exact) mass is 301 g/mol. The SMILES string of the molecule is NCc1cc(Oc2ncn(-c3ccccc3)n2)ncc1Cl. The van der Waals surface area contributed by atoms with Crippen molar-refractivity contribution >= 4 is 11.6 Å². The van der Waals surface area contributed by atoms with Crippen molar-refractivity contribution < 1.29 is 4.74 Å². The minimum absolute atomic E-state index is 0.205. The van der Waals surface area contributed by atoms with Crippen molar-refractivity contribution in [2.24, 2.45) is 5.73 Å². The molecule has 0 aliphatic carbocycles. The van der Waals surface area contributed by atoms with Gasteiger partial charge in [-0.15, -0.1) is 5.10 Å². The summed E-state index contributed by atoms with van der Waals surface area (Å²) in [4.78, 5) is 8.16. The van der Waals surface area contributed by atoms with E-state index in [1.54, 1.807) is 17.1 Å². The third-order valence-electron chi connectivity index (χ3n) is 2.82. The maximum Gasteiger partial charge on any atom is 0.342 e. The molecule has 0 unspecified atom stereocenters. The predicted octanol–water partition coefficient (Wildman–Crippen LogP) is 2.57.